The molecule has 0 spiro atoms. The first-order valence-corrected chi connectivity index (χ1v) is 14.1. The average molecular weight is 524 g/mol. The fourth-order valence-corrected chi connectivity index (χ4v) is 5.44. The van der Waals surface area contributed by atoms with E-state index in [4.69, 9.17) is 4.74 Å². The molecule has 3 rings (SSSR count). The third-order valence-electron chi connectivity index (χ3n) is 7.66. The van der Waals surface area contributed by atoms with E-state index in [1.807, 2.05) is 56.3 Å². The third kappa shape index (κ3) is 7.35. The second-order valence-corrected chi connectivity index (χ2v) is 10.3. The number of ether oxygens (including phenoxy) is 1. The van der Waals surface area contributed by atoms with Crippen molar-refractivity contribution in [2.24, 2.45) is 0 Å². The largest absolute Gasteiger partial charge is 0.478 e. The molecule has 0 aliphatic carbocycles. The normalized spacial score (nSPS) is 20.0. The van der Waals surface area contributed by atoms with Crippen LogP contribution in [0.15, 0.2) is 54.6 Å². The van der Waals surface area contributed by atoms with Crippen LogP contribution < -0.4 is 4.74 Å². The average Bonchev–Trinajstić information content (AvgIpc) is 2.92. The number of aliphatic carboxylic acids is 1. The molecule has 2 aromatic rings. The third-order valence-corrected chi connectivity index (χ3v) is 7.66. The Labute approximate surface area is 228 Å². The number of hydrogen-bond donors (Lipinski definition) is 1. The molecule has 1 fully saturated rings. The van der Waals surface area contributed by atoms with Gasteiger partial charge in [-0.25, -0.2) is 4.79 Å². The molecule has 1 aliphatic rings. The van der Waals surface area contributed by atoms with E-state index < -0.39 is 18.1 Å². The van der Waals surface area contributed by atoms with E-state index in [-0.39, 0.29) is 11.9 Å². The number of hydrogen-bond acceptors (Lipinski definition) is 5. The number of unbranched alkanes of at least 4 members (excludes halogenated alkanes) is 2. The number of para-hydroxylation sites is 1. The van der Waals surface area contributed by atoms with Crippen molar-refractivity contribution in [1.82, 2.24) is 14.7 Å². The first kappa shape index (κ1) is 29.7. The molecule has 4 atom stereocenters. The minimum atomic E-state index is -1.11. The van der Waals surface area contributed by atoms with Gasteiger partial charge in [0.2, 0.25) is 6.10 Å². The molecule has 1 N–H and O–H groups in total. The van der Waals surface area contributed by atoms with E-state index in [9.17, 15) is 14.7 Å². The van der Waals surface area contributed by atoms with Crippen LogP contribution in [-0.2, 0) is 4.79 Å². The van der Waals surface area contributed by atoms with Crippen LogP contribution in [0.25, 0.3) is 0 Å². The van der Waals surface area contributed by atoms with Gasteiger partial charge in [-0.3, -0.25) is 14.6 Å². The topological polar surface area (TPSA) is 73.3 Å². The van der Waals surface area contributed by atoms with E-state index in [1.54, 1.807) is 17.0 Å². The van der Waals surface area contributed by atoms with Crippen LogP contribution in [0.3, 0.4) is 0 Å². The number of nitrogens with zero attached hydrogens (tertiary/aromatic N) is 3. The molecule has 38 heavy (non-hydrogen) atoms. The number of piperazine rings is 1. The van der Waals surface area contributed by atoms with Gasteiger partial charge in [-0.1, -0.05) is 50.1 Å². The molecule has 0 radical (unpaired) electrons. The number of carboxylic acids is 1. The van der Waals surface area contributed by atoms with Gasteiger partial charge in [0.15, 0.2) is 0 Å². The molecular formula is C31H45N3O4. The van der Waals surface area contributed by atoms with E-state index in [0.29, 0.717) is 30.4 Å². The number of benzene rings is 2. The van der Waals surface area contributed by atoms with Crippen LogP contribution in [0.1, 0.15) is 75.8 Å². The van der Waals surface area contributed by atoms with Gasteiger partial charge < -0.3 is 14.7 Å². The van der Waals surface area contributed by atoms with Crippen LogP contribution >= 0.6 is 0 Å². The summed E-state index contributed by atoms with van der Waals surface area (Å²) in [6.07, 6.45) is 2.47. The summed E-state index contributed by atoms with van der Waals surface area (Å²) in [5.41, 5.74) is 1.44. The van der Waals surface area contributed by atoms with Crippen molar-refractivity contribution < 1.29 is 19.4 Å². The number of carboxylic acid groups (broad SMARTS) is 1. The summed E-state index contributed by atoms with van der Waals surface area (Å²) in [5, 5.41) is 10.4. The molecule has 1 aliphatic heterocycles. The Morgan fingerprint density at radius 2 is 1.61 bits per heavy atom. The predicted octanol–water partition coefficient (Wildman–Crippen LogP) is 5.33. The molecule has 1 saturated heterocycles. The highest BCUT2D eigenvalue weighted by Gasteiger charge is 2.41. The molecule has 7 heteroatoms. The van der Waals surface area contributed by atoms with Crippen molar-refractivity contribution in [3.63, 3.8) is 0 Å². The summed E-state index contributed by atoms with van der Waals surface area (Å²) in [6, 6.07) is 16.5. The van der Waals surface area contributed by atoms with Gasteiger partial charge in [0.05, 0.1) is 6.04 Å². The van der Waals surface area contributed by atoms with Crippen LogP contribution in [0.2, 0.25) is 0 Å². The Balaban J connectivity index is 1.95. The molecular weight excluding hydrogens is 478 g/mol. The van der Waals surface area contributed by atoms with Crippen LogP contribution in [-0.4, -0.2) is 82.6 Å². The number of rotatable bonds is 13. The van der Waals surface area contributed by atoms with Crippen molar-refractivity contribution in [2.45, 2.75) is 78.1 Å². The summed E-state index contributed by atoms with van der Waals surface area (Å²) < 4.78 is 6.16. The monoisotopic (exact) mass is 523 g/mol. The van der Waals surface area contributed by atoms with E-state index in [2.05, 4.69) is 30.6 Å². The molecule has 1 heterocycles. The highest BCUT2D eigenvalue weighted by atomic mass is 16.5. The number of amides is 1. The number of carbonyl (C=O) groups is 2. The van der Waals surface area contributed by atoms with Crippen LogP contribution in [0, 0.1) is 0 Å². The van der Waals surface area contributed by atoms with E-state index in [1.165, 1.54) is 19.3 Å². The molecule has 208 valence electrons. The van der Waals surface area contributed by atoms with Crippen molar-refractivity contribution in [3.05, 3.63) is 65.7 Å². The zero-order valence-corrected chi connectivity index (χ0v) is 23.7. The molecule has 0 aromatic heterocycles. The minimum Gasteiger partial charge on any atom is -0.478 e. The fraction of sp³-hybridized carbons (Fsp3) is 0.548. The van der Waals surface area contributed by atoms with Crippen molar-refractivity contribution in [2.75, 3.05) is 32.7 Å². The van der Waals surface area contributed by atoms with E-state index in [0.717, 1.165) is 25.2 Å². The van der Waals surface area contributed by atoms with Gasteiger partial charge >= 0.3 is 5.97 Å². The smallest absolute Gasteiger partial charge is 0.346 e. The molecule has 7 nitrogen and oxygen atoms in total. The lowest BCUT2D eigenvalue weighted by Gasteiger charge is -2.48. The maximum Gasteiger partial charge on any atom is 0.346 e. The maximum absolute atomic E-state index is 12.9. The molecule has 0 saturated carbocycles. The van der Waals surface area contributed by atoms with E-state index >= 15 is 0 Å². The van der Waals surface area contributed by atoms with Gasteiger partial charge in [-0.15, -0.1) is 0 Å². The lowest BCUT2D eigenvalue weighted by Crippen LogP contribution is -2.59. The first-order valence-electron chi connectivity index (χ1n) is 14.1. The Kier molecular flexibility index (Phi) is 11.2. The highest BCUT2D eigenvalue weighted by Crippen LogP contribution is 2.33. The molecule has 2 aromatic carbocycles. The van der Waals surface area contributed by atoms with Crippen molar-refractivity contribution in [1.29, 1.82) is 0 Å². The Morgan fingerprint density at radius 3 is 2.18 bits per heavy atom. The summed E-state index contributed by atoms with van der Waals surface area (Å²) in [6.45, 7) is 14.5. The fourth-order valence-electron chi connectivity index (χ4n) is 5.44. The second kappa shape index (κ2) is 14.3. The standard InChI is InChI=1S/C31H45N3O4/c1-6-9-13-20-33-21-24(5)34(22-23(33)4)28(29(31(36)37)38-27-14-11-10-12-15-27)25-16-18-26(19-17-25)30(35)32(7-2)8-3/h10-12,14-19,23-24,28-29H,6-9,13,20-22H2,1-5H3,(H,36,37)/t23-,24+,28?,29-/m1/s1. The quantitative estimate of drug-likeness (QED) is 0.358. The van der Waals surface area contributed by atoms with Gasteiger partial charge in [0.25, 0.3) is 5.91 Å². The second-order valence-electron chi connectivity index (χ2n) is 10.3. The van der Waals surface area contributed by atoms with Crippen LogP contribution in [0.5, 0.6) is 5.75 Å². The Bertz CT molecular complexity index is 1010. The zero-order chi connectivity index (χ0) is 27.7. The first-order chi connectivity index (χ1) is 18.3. The predicted molar refractivity (Wildman–Crippen MR) is 152 cm³/mol. The summed E-state index contributed by atoms with van der Waals surface area (Å²) in [7, 11) is 0. The van der Waals surface area contributed by atoms with Crippen molar-refractivity contribution >= 4 is 11.9 Å². The summed E-state index contributed by atoms with van der Waals surface area (Å²) in [4.78, 5) is 32.2. The Hall–Kier alpha value is -2.90. The highest BCUT2D eigenvalue weighted by molar-refractivity contribution is 5.94. The molecule has 0 bridgehead atoms. The minimum absolute atomic E-state index is 0.0175. The van der Waals surface area contributed by atoms with Crippen molar-refractivity contribution in [3.8, 4) is 5.75 Å². The Morgan fingerprint density at radius 1 is 0.947 bits per heavy atom. The van der Waals surface area contributed by atoms with Gasteiger partial charge in [-0.05, 0) is 70.5 Å². The SMILES string of the molecule is CCCCCN1C[C@H](C)N(C(c2ccc(C(=O)N(CC)CC)cc2)[C@@H](Oc2ccccc2)C(=O)O)C[C@H]1C. The lowest BCUT2D eigenvalue weighted by atomic mass is 9.94. The van der Waals surface area contributed by atoms with Gasteiger partial charge in [0.1, 0.15) is 5.75 Å². The van der Waals surface area contributed by atoms with Crippen LogP contribution in [0.4, 0.5) is 0 Å². The summed E-state index contributed by atoms with van der Waals surface area (Å²) in [5.74, 6) is -0.499. The van der Waals surface area contributed by atoms with Gasteiger partial charge in [0, 0.05) is 43.8 Å². The molecule has 1 unspecified atom stereocenters. The maximum atomic E-state index is 12.9. The zero-order valence-electron chi connectivity index (χ0n) is 23.7. The lowest BCUT2D eigenvalue weighted by molar-refractivity contribution is -0.150. The van der Waals surface area contributed by atoms with Gasteiger partial charge in [-0.2, -0.15) is 0 Å². The summed E-state index contributed by atoms with van der Waals surface area (Å²) >= 11 is 0. The number of carbonyl (C=O) groups excluding carboxylic acids is 1. The molecule has 1 amide bonds.